The van der Waals surface area contributed by atoms with Gasteiger partial charge in [-0.25, -0.2) is 4.39 Å². The Morgan fingerprint density at radius 1 is 1.27 bits per heavy atom. The molecule has 0 bridgehead atoms. The summed E-state index contributed by atoms with van der Waals surface area (Å²) in [6, 6.07) is 11.5. The zero-order valence-electron chi connectivity index (χ0n) is 24.1. The second-order valence-corrected chi connectivity index (χ2v) is 10.9. The molecule has 1 fully saturated rings. The number of hydrogen-bond donors (Lipinski definition) is 3. The number of amides is 1. The van der Waals surface area contributed by atoms with Crippen LogP contribution in [0.4, 0.5) is 4.39 Å². The van der Waals surface area contributed by atoms with Gasteiger partial charge < -0.3 is 24.5 Å². The van der Waals surface area contributed by atoms with Gasteiger partial charge in [0, 0.05) is 12.6 Å². The molecule has 2 aliphatic rings. The highest BCUT2D eigenvalue weighted by molar-refractivity contribution is 6.11. The SMILES string of the molecule is CCCc1cc(/C=C2/C(C)=C(C(NC3CCN(C)C3)C(=O)NCc3ccco3)c3cc(F)ccc32)cc(OC)c1O. The van der Waals surface area contributed by atoms with Crippen molar-refractivity contribution in [3.05, 3.63) is 88.1 Å². The Morgan fingerprint density at radius 2 is 2.10 bits per heavy atom. The van der Waals surface area contributed by atoms with Crippen LogP contribution >= 0.6 is 0 Å². The minimum absolute atomic E-state index is 0.114. The van der Waals surface area contributed by atoms with Crippen molar-refractivity contribution in [2.45, 2.75) is 51.7 Å². The Labute approximate surface area is 240 Å². The molecule has 7 nitrogen and oxygen atoms in total. The molecule has 2 unspecified atom stereocenters. The molecule has 5 rings (SSSR count). The monoisotopic (exact) mass is 559 g/mol. The Balaban J connectivity index is 1.59. The number of carbonyl (C=O) groups is 1. The number of benzene rings is 2. The predicted molar refractivity (Wildman–Crippen MR) is 159 cm³/mol. The standard InChI is InChI=1S/C33H38FN3O4/c1-5-7-22-14-21(16-29(40-4)32(22)38)15-27-20(2)30(28-17-23(34)9-10-26(27)28)31(36-24-11-12-37(3)19-24)33(39)35-18-25-8-6-13-41-25/h6,8-10,13-17,24,31,36,38H,5,7,11-12,18-19H2,1-4H3,(H,35,39)/b27-15-. The van der Waals surface area contributed by atoms with Gasteiger partial charge in [0.25, 0.3) is 0 Å². The van der Waals surface area contributed by atoms with Gasteiger partial charge in [-0.15, -0.1) is 0 Å². The van der Waals surface area contributed by atoms with E-state index in [1.54, 1.807) is 24.5 Å². The molecule has 3 N–H and O–H groups in total. The van der Waals surface area contributed by atoms with Crippen molar-refractivity contribution in [2.75, 3.05) is 27.2 Å². The average molecular weight is 560 g/mol. The Morgan fingerprint density at radius 3 is 2.78 bits per heavy atom. The van der Waals surface area contributed by atoms with E-state index < -0.39 is 6.04 Å². The van der Waals surface area contributed by atoms with E-state index in [2.05, 4.69) is 29.5 Å². The van der Waals surface area contributed by atoms with Crippen LogP contribution in [0.25, 0.3) is 17.2 Å². The van der Waals surface area contributed by atoms with E-state index in [9.17, 15) is 14.3 Å². The van der Waals surface area contributed by atoms with Gasteiger partial charge >= 0.3 is 0 Å². The van der Waals surface area contributed by atoms with Crippen LogP contribution in [0, 0.1) is 5.82 Å². The third-order valence-electron chi connectivity index (χ3n) is 7.96. The zero-order valence-corrected chi connectivity index (χ0v) is 24.1. The van der Waals surface area contributed by atoms with Gasteiger partial charge in [0.15, 0.2) is 11.5 Å². The van der Waals surface area contributed by atoms with E-state index in [4.69, 9.17) is 9.15 Å². The fourth-order valence-electron chi connectivity index (χ4n) is 5.92. The number of likely N-dealkylation sites (tertiary alicyclic amines) is 1. The summed E-state index contributed by atoms with van der Waals surface area (Å²) >= 11 is 0. The molecule has 1 aliphatic carbocycles. The van der Waals surface area contributed by atoms with Gasteiger partial charge in [0.05, 0.1) is 19.9 Å². The van der Waals surface area contributed by atoms with Crippen LogP contribution in [-0.4, -0.2) is 55.2 Å². The van der Waals surface area contributed by atoms with Crippen LogP contribution in [0.2, 0.25) is 0 Å². The largest absolute Gasteiger partial charge is 0.504 e. The number of aryl methyl sites for hydroxylation is 1. The molecule has 0 saturated carbocycles. The van der Waals surface area contributed by atoms with Gasteiger partial charge in [0.1, 0.15) is 17.6 Å². The Kier molecular flexibility index (Phi) is 8.61. The average Bonchev–Trinajstić information content (AvgIpc) is 3.68. The molecule has 41 heavy (non-hydrogen) atoms. The van der Waals surface area contributed by atoms with Crippen LogP contribution in [0.5, 0.6) is 11.5 Å². The topological polar surface area (TPSA) is 87.0 Å². The highest BCUT2D eigenvalue weighted by atomic mass is 19.1. The molecule has 0 radical (unpaired) electrons. The number of rotatable bonds is 10. The molecule has 3 aromatic rings. The number of ether oxygens (including phenoxy) is 1. The number of nitrogens with one attached hydrogen (secondary N) is 2. The zero-order chi connectivity index (χ0) is 29.1. The summed E-state index contributed by atoms with van der Waals surface area (Å²) in [7, 11) is 3.61. The summed E-state index contributed by atoms with van der Waals surface area (Å²) in [6.07, 6.45) is 6.10. The van der Waals surface area contributed by atoms with Crippen molar-refractivity contribution < 1.29 is 23.4 Å². The lowest BCUT2D eigenvalue weighted by Gasteiger charge is -2.25. The maximum absolute atomic E-state index is 14.7. The van der Waals surface area contributed by atoms with Gasteiger partial charge in [-0.1, -0.05) is 19.4 Å². The number of nitrogens with zero attached hydrogens (tertiary/aromatic N) is 1. The van der Waals surface area contributed by atoms with Crippen LogP contribution in [-0.2, 0) is 17.8 Å². The highest BCUT2D eigenvalue weighted by Crippen LogP contribution is 2.45. The molecule has 8 heteroatoms. The molecular weight excluding hydrogens is 521 g/mol. The van der Waals surface area contributed by atoms with Crippen LogP contribution in [0.15, 0.2) is 58.7 Å². The lowest BCUT2D eigenvalue weighted by Crippen LogP contribution is -2.49. The van der Waals surface area contributed by atoms with Crippen LogP contribution < -0.4 is 15.4 Å². The first-order valence-corrected chi connectivity index (χ1v) is 14.2. The number of likely N-dealkylation sites (N-methyl/N-ethyl adjacent to an activating group) is 1. The minimum Gasteiger partial charge on any atom is -0.504 e. The summed E-state index contributed by atoms with van der Waals surface area (Å²) in [6.45, 7) is 6.06. The maximum Gasteiger partial charge on any atom is 0.242 e. The third-order valence-corrected chi connectivity index (χ3v) is 7.96. The fraction of sp³-hybridized carbons (Fsp3) is 0.364. The fourth-order valence-corrected chi connectivity index (χ4v) is 5.92. The van der Waals surface area contributed by atoms with Gasteiger partial charge in [-0.2, -0.15) is 0 Å². The van der Waals surface area contributed by atoms with Crippen molar-refractivity contribution in [3.63, 3.8) is 0 Å². The minimum atomic E-state index is -0.696. The third kappa shape index (κ3) is 6.09. The number of allylic oxidation sites excluding steroid dienone is 2. The van der Waals surface area contributed by atoms with Crippen molar-refractivity contribution >= 4 is 23.1 Å². The Hall–Kier alpha value is -3.88. The predicted octanol–water partition coefficient (Wildman–Crippen LogP) is 5.39. The number of fused-ring (bicyclic) bond motifs is 1. The van der Waals surface area contributed by atoms with Gasteiger partial charge in [-0.3, -0.25) is 10.1 Å². The van der Waals surface area contributed by atoms with E-state index in [0.29, 0.717) is 23.5 Å². The number of carbonyl (C=O) groups excluding carboxylic acids is 1. The molecule has 2 atom stereocenters. The smallest absolute Gasteiger partial charge is 0.242 e. The summed E-state index contributed by atoms with van der Waals surface area (Å²) in [5.41, 5.74) is 5.78. The van der Waals surface area contributed by atoms with E-state index in [-0.39, 0.29) is 30.1 Å². The van der Waals surface area contributed by atoms with Crippen LogP contribution in [0.1, 0.15) is 54.7 Å². The normalized spacial score (nSPS) is 18.7. The quantitative estimate of drug-likeness (QED) is 0.309. The van der Waals surface area contributed by atoms with Crippen molar-refractivity contribution in [1.29, 1.82) is 0 Å². The lowest BCUT2D eigenvalue weighted by atomic mass is 9.96. The van der Waals surface area contributed by atoms with Crippen molar-refractivity contribution in [3.8, 4) is 11.5 Å². The van der Waals surface area contributed by atoms with E-state index in [0.717, 1.165) is 59.3 Å². The van der Waals surface area contributed by atoms with Gasteiger partial charge in [0.2, 0.25) is 5.91 Å². The first-order valence-electron chi connectivity index (χ1n) is 14.2. The molecule has 2 heterocycles. The number of phenols is 1. The second kappa shape index (κ2) is 12.3. The molecule has 1 aromatic heterocycles. The number of phenolic OH excluding ortho intramolecular Hbond substituents is 1. The first-order chi connectivity index (χ1) is 19.8. The molecule has 2 aromatic carbocycles. The molecule has 1 amide bonds. The molecule has 1 saturated heterocycles. The van der Waals surface area contributed by atoms with Gasteiger partial charge in [-0.05, 0) is 115 Å². The van der Waals surface area contributed by atoms with Crippen LogP contribution in [0.3, 0.4) is 0 Å². The summed E-state index contributed by atoms with van der Waals surface area (Å²) in [5, 5.41) is 17.3. The maximum atomic E-state index is 14.7. The van der Waals surface area contributed by atoms with Crippen molar-refractivity contribution in [1.82, 2.24) is 15.5 Å². The second-order valence-electron chi connectivity index (χ2n) is 10.9. The lowest BCUT2D eigenvalue weighted by molar-refractivity contribution is -0.122. The first kappa shape index (κ1) is 28.6. The number of halogens is 1. The summed E-state index contributed by atoms with van der Waals surface area (Å²) in [4.78, 5) is 16.0. The number of aromatic hydroxyl groups is 1. The molecular formula is C33H38FN3O4. The number of hydrogen-bond acceptors (Lipinski definition) is 6. The number of furan rings is 1. The highest BCUT2D eigenvalue weighted by Gasteiger charge is 2.36. The summed E-state index contributed by atoms with van der Waals surface area (Å²) < 4.78 is 25.6. The van der Waals surface area contributed by atoms with E-state index in [1.165, 1.54) is 19.2 Å². The van der Waals surface area contributed by atoms with Crippen molar-refractivity contribution in [2.24, 2.45) is 0 Å². The van der Waals surface area contributed by atoms with E-state index in [1.807, 2.05) is 25.1 Å². The number of methoxy groups -OCH3 is 1. The molecule has 0 spiro atoms. The van der Waals surface area contributed by atoms with E-state index >= 15 is 0 Å². The Bertz CT molecular complexity index is 1480. The molecule has 1 aliphatic heterocycles. The summed E-state index contributed by atoms with van der Waals surface area (Å²) in [5.74, 6) is 0.660. The molecule has 216 valence electrons.